The molecule has 0 aliphatic rings. The summed E-state index contributed by atoms with van der Waals surface area (Å²) >= 11 is 1.18. The van der Waals surface area contributed by atoms with Crippen molar-refractivity contribution < 1.29 is 0 Å². The first-order chi connectivity index (χ1) is 9.47. The number of aromatic nitrogens is 4. The minimum atomic E-state index is -0.310. The molecule has 0 atom stereocenters. The van der Waals surface area contributed by atoms with E-state index >= 15 is 0 Å². The number of nitrogens with one attached hydrogen (secondary N) is 2. The predicted molar refractivity (Wildman–Crippen MR) is 77.3 cm³/mol. The van der Waals surface area contributed by atoms with Crippen LogP contribution < -0.4 is 22.6 Å². The molecule has 0 fully saturated rings. The Kier molecular flexibility index (Phi) is 4.20. The average Bonchev–Trinajstić information content (AvgIpc) is 2.36. The number of aromatic amines is 1. The maximum atomic E-state index is 11.3. The van der Waals surface area contributed by atoms with Crippen LogP contribution in [-0.2, 0) is 0 Å². The third-order valence-corrected chi connectivity index (χ3v) is 3.13. The maximum Gasteiger partial charge on any atom is 0.253 e. The summed E-state index contributed by atoms with van der Waals surface area (Å²) in [7, 11) is 0. The molecule has 2 rings (SSSR count). The van der Waals surface area contributed by atoms with E-state index < -0.39 is 0 Å². The summed E-state index contributed by atoms with van der Waals surface area (Å²) in [6.07, 6.45) is 0. The molecule has 0 unspecified atom stereocenters. The van der Waals surface area contributed by atoms with Gasteiger partial charge in [-0.1, -0.05) is 13.8 Å². The topological polar surface area (TPSA) is 136 Å². The van der Waals surface area contributed by atoms with Gasteiger partial charge in [-0.25, -0.2) is 20.8 Å². The molecule has 2 heterocycles. The van der Waals surface area contributed by atoms with Gasteiger partial charge in [0, 0.05) is 18.1 Å². The van der Waals surface area contributed by atoms with Crippen LogP contribution in [0, 0.1) is 0 Å². The second-order valence-corrected chi connectivity index (χ2v) is 5.34. The largest absolute Gasteiger partial charge is 0.383 e. The fourth-order valence-corrected chi connectivity index (χ4v) is 2.24. The van der Waals surface area contributed by atoms with Crippen molar-refractivity contribution in [1.82, 2.24) is 19.9 Å². The van der Waals surface area contributed by atoms with E-state index in [0.29, 0.717) is 21.8 Å². The maximum absolute atomic E-state index is 11.3. The van der Waals surface area contributed by atoms with Gasteiger partial charge in [0.25, 0.3) is 5.56 Å². The summed E-state index contributed by atoms with van der Waals surface area (Å²) in [4.78, 5) is 26.6. The van der Waals surface area contributed by atoms with Crippen LogP contribution in [0.4, 0.5) is 11.6 Å². The first-order valence-corrected chi connectivity index (χ1v) is 6.70. The molecule has 0 saturated carbocycles. The highest BCUT2D eigenvalue weighted by molar-refractivity contribution is 7.99. The van der Waals surface area contributed by atoms with Crippen molar-refractivity contribution in [2.75, 3.05) is 11.2 Å². The van der Waals surface area contributed by atoms with E-state index in [1.54, 1.807) is 6.07 Å². The van der Waals surface area contributed by atoms with E-state index in [4.69, 9.17) is 11.6 Å². The molecule has 2 aromatic heterocycles. The van der Waals surface area contributed by atoms with E-state index in [-0.39, 0.29) is 17.3 Å². The molecule has 0 bridgehead atoms. The molecule has 20 heavy (non-hydrogen) atoms. The standard InChI is InChI=1S/C11H15N7OS/c1-5(2)10-15-7(18-13)4-9(17-10)20-11-14-6(12)3-8(19)16-11/h3-5H,13H2,1-2H3,(H,15,17,18)(H3,12,14,16,19). The van der Waals surface area contributed by atoms with Gasteiger partial charge in [-0.15, -0.1) is 0 Å². The molecular weight excluding hydrogens is 278 g/mol. The first kappa shape index (κ1) is 14.3. The lowest BCUT2D eigenvalue weighted by molar-refractivity contribution is 0.753. The summed E-state index contributed by atoms with van der Waals surface area (Å²) in [5.41, 5.74) is 7.72. The number of nitrogens with zero attached hydrogens (tertiary/aromatic N) is 3. The lowest BCUT2D eigenvalue weighted by Crippen LogP contribution is -2.12. The molecule has 0 amide bonds. The second-order valence-electron chi connectivity index (χ2n) is 4.33. The lowest BCUT2D eigenvalue weighted by atomic mass is 10.2. The van der Waals surface area contributed by atoms with Gasteiger partial charge in [0.15, 0.2) is 5.16 Å². The van der Waals surface area contributed by atoms with Crippen LogP contribution >= 0.6 is 11.8 Å². The van der Waals surface area contributed by atoms with E-state index in [0.717, 1.165) is 0 Å². The summed E-state index contributed by atoms with van der Waals surface area (Å²) in [6, 6.07) is 2.89. The van der Waals surface area contributed by atoms with Crippen LogP contribution in [0.15, 0.2) is 27.1 Å². The number of nitrogen functional groups attached to an aromatic ring is 2. The van der Waals surface area contributed by atoms with Crippen LogP contribution in [0.5, 0.6) is 0 Å². The third kappa shape index (κ3) is 3.45. The Morgan fingerprint density at radius 2 is 2.05 bits per heavy atom. The predicted octanol–water partition coefficient (Wildman–Crippen LogP) is 0.702. The van der Waals surface area contributed by atoms with Crippen molar-refractivity contribution >= 4 is 23.4 Å². The number of nitrogens with two attached hydrogens (primary N) is 2. The van der Waals surface area contributed by atoms with Gasteiger partial charge in [-0.3, -0.25) is 4.79 Å². The fourth-order valence-electron chi connectivity index (χ4n) is 1.43. The highest BCUT2D eigenvalue weighted by Gasteiger charge is 2.10. The number of H-pyrrole nitrogens is 1. The zero-order chi connectivity index (χ0) is 14.7. The van der Waals surface area contributed by atoms with Crippen molar-refractivity contribution in [2.24, 2.45) is 5.84 Å². The number of hydrazine groups is 1. The van der Waals surface area contributed by atoms with Crippen LogP contribution in [0.1, 0.15) is 25.6 Å². The average molecular weight is 293 g/mol. The number of rotatable bonds is 4. The molecule has 8 nitrogen and oxygen atoms in total. The minimum Gasteiger partial charge on any atom is -0.383 e. The summed E-state index contributed by atoms with van der Waals surface area (Å²) < 4.78 is 0. The van der Waals surface area contributed by atoms with Crippen LogP contribution in [0.3, 0.4) is 0 Å². The summed E-state index contributed by atoms with van der Waals surface area (Å²) in [5, 5.41) is 0.983. The molecule has 0 aliphatic heterocycles. The first-order valence-electron chi connectivity index (χ1n) is 5.88. The minimum absolute atomic E-state index is 0.149. The molecule has 0 spiro atoms. The van der Waals surface area contributed by atoms with Crippen LogP contribution in [0.2, 0.25) is 0 Å². The number of anilines is 2. The molecule has 0 radical (unpaired) electrons. The Morgan fingerprint density at radius 1 is 1.30 bits per heavy atom. The Labute approximate surface area is 119 Å². The monoisotopic (exact) mass is 293 g/mol. The zero-order valence-electron chi connectivity index (χ0n) is 11.0. The smallest absolute Gasteiger partial charge is 0.253 e. The number of hydrogen-bond acceptors (Lipinski definition) is 8. The highest BCUT2D eigenvalue weighted by atomic mass is 32.2. The normalized spacial score (nSPS) is 10.8. The third-order valence-electron chi connectivity index (χ3n) is 2.33. The van der Waals surface area contributed by atoms with Gasteiger partial charge in [0.05, 0.1) is 0 Å². The Hall–Kier alpha value is -2.13. The van der Waals surface area contributed by atoms with Crippen molar-refractivity contribution in [3.05, 3.63) is 28.3 Å². The Balaban J connectivity index is 2.37. The van der Waals surface area contributed by atoms with Gasteiger partial charge in [-0.2, -0.15) is 0 Å². The van der Waals surface area contributed by atoms with Gasteiger partial charge < -0.3 is 16.1 Å². The van der Waals surface area contributed by atoms with E-state index in [2.05, 4.69) is 25.4 Å². The molecule has 0 aromatic carbocycles. The second kappa shape index (κ2) is 5.88. The van der Waals surface area contributed by atoms with E-state index in [9.17, 15) is 4.79 Å². The van der Waals surface area contributed by atoms with Gasteiger partial charge in [0.2, 0.25) is 0 Å². The van der Waals surface area contributed by atoms with Gasteiger partial charge >= 0.3 is 0 Å². The Morgan fingerprint density at radius 3 is 2.65 bits per heavy atom. The van der Waals surface area contributed by atoms with Crippen molar-refractivity contribution in [2.45, 2.75) is 29.9 Å². The van der Waals surface area contributed by atoms with Crippen molar-refractivity contribution in [3.8, 4) is 0 Å². The summed E-state index contributed by atoms with van der Waals surface area (Å²) in [5.74, 6) is 6.84. The molecule has 9 heteroatoms. The Bertz CT molecular complexity index is 670. The molecule has 0 aliphatic carbocycles. The van der Waals surface area contributed by atoms with Crippen LogP contribution in [-0.4, -0.2) is 19.9 Å². The van der Waals surface area contributed by atoms with Crippen molar-refractivity contribution in [3.63, 3.8) is 0 Å². The van der Waals surface area contributed by atoms with Crippen LogP contribution in [0.25, 0.3) is 0 Å². The number of hydrogen-bond donors (Lipinski definition) is 4. The summed E-state index contributed by atoms with van der Waals surface area (Å²) in [6.45, 7) is 3.95. The van der Waals surface area contributed by atoms with E-state index in [1.807, 2.05) is 13.8 Å². The van der Waals surface area contributed by atoms with Crippen molar-refractivity contribution in [1.29, 1.82) is 0 Å². The van der Waals surface area contributed by atoms with Gasteiger partial charge in [-0.05, 0) is 11.8 Å². The van der Waals surface area contributed by atoms with Gasteiger partial charge in [0.1, 0.15) is 22.5 Å². The molecule has 2 aromatic rings. The molecule has 6 N–H and O–H groups in total. The SMILES string of the molecule is CC(C)c1nc(NN)cc(Sc2nc(N)cc(=O)[nH]2)n1. The lowest BCUT2D eigenvalue weighted by Gasteiger charge is -2.09. The molecule has 0 saturated heterocycles. The van der Waals surface area contributed by atoms with E-state index in [1.165, 1.54) is 17.8 Å². The highest BCUT2D eigenvalue weighted by Crippen LogP contribution is 2.25. The molecular formula is C11H15N7OS. The molecule has 106 valence electrons. The zero-order valence-corrected chi connectivity index (χ0v) is 11.9. The fraction of sp³-hybridized carbons (Fsp3) is 0.273. The quantitative estimate of drug-likeness (QED) is 0.280.